The second-order valence-electron chi connectivity index (χ2n) is 3.38. The van der Waals surface area contributed by atoms with Crippen LogP contribution in [0.3, 0.4) is 0 Å². The van der Waals surface area contributed by atoms with Crippen LogP contribution in [0.2, 0.25) is 0 Å². The maximum Gasteiger partial charge on any atom is 0.321 e. The number of nitrogens with one attached hydrogen (secondary N) is 2. The summed E-state index contributed by atoms with van der Waals surface area (Å²) in [6.07, 6.45) is 0. The summed E-state index contributed by atoms with van der Waals surface area (Å²) in [5, 5.41) is 4.60. The zero-order valence-electron chi connectivity index (χ0n) is 9.83. The lowest BCUT2D eigenvalue weighted by Gasteiger charge is -2.06. The largest absolute Gasteiger partial charge is 0.398 e. The predicted molar refractivity (Wildman–Crippen MR) is 68.8 cm³/mol. The van der Waals surface area contributed by atoms with Crippen molar-refractivity contribution in [2.24, 2.45) is 0 Å². The third kappa shape index (κ3) is 4.62. The van der Waals surface area contributed by atoms with Gasteiger partial charge in [-0.25, -0.2) is 9.18 Å². The maximum atomic E-state index is 12.8. The summed E-state index contributed by atoms with van der Waals surface area (Å²) < 4.78 is 12.8. The molecule has 0 aliphatic heterocycles. The van der Waals surface area contributed by atoms with E-state index in [1.165, 1.54) is 18.2 Å². The molecule has 0 atom stereocenters. The number of nitrogen functional groups attached to an aromatic ring is 1. The number of anilines is 1. The SMILES string of the molecule is CCNC(=O)NC(=O)CSc1ccc(F)cc1N. The van der Waals surface area contributed by atoms with Crippen LogP contribution in [0.4, 0.5) is 14.9 Å². The molecule has 7 heteroatoms. The molecule has 1 aromatic rings. The number of hydrogen-bond donors (Lipinski definition) is 3. The molecule has 0 aliphatic rings. The summed E-state index contributed by atoms with van der Waals surface area (Å²) >= 11 is 1.14. The number of amides is 3. The van der Waals surface area contributed by atoms with Crippen LogP contribution in [-0.2, 0) is 4.79 Å². The summed E-state index contributed by atoms with van der Waals surface area (Å²) in [7, 11) is 0. The van der Waals surface area contributed by atoms with Crippen molar-refractivity contribution in [3.8, 4) is 0 Å². The average molecular weight is 271 g/mol. The highest BCUT2D eigenvalue weighted by atomic mass is 32.2. The molecule has 0 bridgehead atoms. The molecule has 0 saturated carbocycles. The van der Waals surface area contributed by atoms with Gasteiger partial charge in [-0.2, -0.15) is 0 Å². The average Bonchev–Trinajstić information content (AvgIpc) is 2.28. The van der Waals surface area contributed by atoms with Crippen LogP contribution in [0.15, 0.2) is 23.1 Å². The normalized spacial score (nSPS) is 9.89. The third-order valence-electron chi connectivity index (χ3n) is 1.92. The Kier molecular flexibility index (Phi) is 5.44. The number of imide groups is 1. The molecule has 0 aliphatic carbocycles. The van der Waals surface area contributed by atoms with E-state index in [1.54, 1.807) is 6.92 Å². The van der Waals surface area contributed by atoms with E-state index in [0.717, 1.165) is 11.8 Å². The Morgan fingerprint density at radius 1 is 1.44 bits per heavy atom. The standard InChI is InChI=1S/C11H14FN3O2S/c1-2-14-11(17)15-10(16)6-18-9-4-3-7(12)5-8(9)13/h3-5H,2,6,13H2,1H3,(H2,14,15,16,17). The van der Waals surface area contributed by atoms with Crippen molar-refractivity contribution in [2.75, 3.05) is 18.0 Å². The Hall–Kier alpha value is -1.76. The Labute approximate surface area is 108 Å². The Bertz CT molecular complexity index is 454. The van der Waals surface area contributed by atoms with Gasteiger partial charge in [0.15, 0.2) is 0 Å². The molecule has 0 fully saturated rings. The van der Waals surface area contributed by atoms with Crippen molar-refractivity contribution < 1.29 is 14.0 Å². The van der Waals surface area contributed by atoms with E-state index < -0.39 is 17.8 Å². The van der Waals surface area contributed by atoms with E-state index in [1.807, 2.05) is 0 Å². The minimum absolute atomic E-state index is 0.0347. The highest BCUT2D eigenvalue weighted by molar-refractivity contribution is 8.00. The van der Waals surface area contributed by atoms with Gasteiger partial charge in [0.2, 0.25) is 5.91 Å². The van der Waals surface area contributed by atoms with E-state index in [4.69, 9.17) is 5.73 Å². The molecular formula is C11H14FN3O2S. The number of rotatable bonds is 4. The number of benzene rings is 1. The van der Waals surface area contributed by atoms with Gasteiger partial charge in [0, 0.05) is 17.1 Å². The van der Waals surface area contributed by atoms with Crippen molar-refractivity contribution in [2.45, 2.75) is 11.8 Å². The summed E-state index contributed by atoms with van der Waals surface area (Å²) in [5.74, 6) is -0.828. The first-order valence-electron chi connectivity index (χ1n) is 5.28. The fraction of sp³-hybridized carbons (Fsp3) is 0.273. The second kappa shape index (κ2) is 6.85. The van der Waals surface area contributed by atoms with Gasteiger partial charge < -0.3 is 11.1 Å². The zero-order chi connectivity index (χ0) is 13.5. The van der Waals surface area contributed by atoms with Crippen LogP contribution in [0.1, 0.15) is 6.92 Å². The van der Waals surface area contributed by atoms with Gasteiger partial charge in [-0.15, -0.1) is 11.8 Å². The molecule has 18 heavy (non-hydrogen) atoms. The minimum Gasteiger partial charge on any atom is -0.398 e. The molecule has 3 amide bonds. The number of carbonyl (C=O) groups is 2. The van der Waals surface area contributed by atoms with E-state index in [0.29, 0.717) is 11.4 Å². The first kappa shape index (κ1) is 14.3. The van der Waals surface area contributed by atoms with Gasteiger partial charge >= 0.3 is 6.03 Å². The van der Waals surface area contributed by atoms with Crippen LogP contribution >= 0.6 is 11.8 Å². The second-order valence-corrected chi connectivity index (χ2v) is 4.40. The zero-order valence-corrected chi connectivity index (χ0v) is 10.6. The molecule has 5 nitrogen and oxygen atoms in total. The first-order chi connectivity index (χ1) is 8.52. The molecule has 0 spiro atoms. The van der Waals surface area contributed by atoms with Gasteiger partial charge in [0.25, 0.3) is 0 Å². The molecule has 1 aromatic carbocycles. The van der Waals surface area contributed by atoms with Crippen LogP contribution in [0.5, 0.6) is 0 Å². The number of hydrogen-bond acceptors (Lipinski definition) is 4. The molecule has 98 valence electrons. The van der Waals surface area contributed by atoms with E-state index >= 15 is 0 Å². The van der Waals surface area contributed by atoms with E-state index in [-0.39, 0.29) is 11.4 Å². The highest BCUT2D eigenvalue weighted by Gasteiger charge is 2.08. The fourth-order valence-electron chi connectivity index (χ4n) is 1.16. The Morgan fingerprint density at radius 2 is 2.17 bits per heavy atom. The molecule has 0 saturated heterocycles. The number of nitrogens with two attached hydrogens (primary N) is 1. The van der Waals surface area contributed by atoms with E-state index in [9.17, 15) is 14.0 Å². The van der Waals surface area contributed by atoms with Gasteiger partial charge in [0.1, 0.15) is 5.82 Å². The highest BCUT2D eigenvalue weighted by Crippen LogP contribution is 2.25. The number of thioether (sulfide) groups is 1. The minimum atomic E-state index is -0.532. The van der Waals surface area contributed by atoms with Crippen LogP contribution in [0, 0.1) is 5.82 Å². The topological polar surface area (TPSA) is 84.2 Å². The van der Waals surface area contributed by atoms with Crippen LogP contribution in [-0.4, -0.2) is 24.2 Å². The molecule has 0 unspecified atom stereocenters. The lowest BCUT2D eigenvalue weighted by Crippen LogP contribution is -2.40. The summed E-state index contributed by atoms with van der Waals surface area (Å²) in [4.78, 5) is 23.0. The van der Waals surface area contributed by atoms with Gasteiger partial charge in [-0.1, -0.05) is 0 Å². The van der Waals surface area contributed by atoms with Crippen molar-refractivity contribution >= 4 is 29.4 Å². The van der Waals surface area contributed by atoms with Crippen molar-refractivity contribution in [3.05, 3.63) is 24.0 Å². The third-order valence-corrected chi connectivity index (χ3v) is 3.01. The lowest BCUT2D eigenvalue weighted by molar-refractivity contribution is -0.117. The Balaban J connectivity index is 2.45. The summed E-state index contributed by atoms with van der Waals surface area (Å²) in [5.41, 5.74) is 5.85. The monoisotopic (exact) mass is 271 g/mol. The van der Waals surface area contributed by atoms with Crippen LogP contribution in [0.25, 0.3) is 0 Å². The van der Waals surface area contributed by atoms with E-state index in [2.05, 4.69) is 10.6 Å². The summed E-state index contributed by atoms with van der Waals surface area (Å²) in [6, 6.07) is 3.41. The predicted octanol–water partition coefficient (Wildman–Crippen LogP) is 1.35. The van der Waals surface area contributed by atoms with Crippen molar-refractivity contribution in [3.63, 3.8) is 0 Å². The molecule has 1 rings (SSSR count). The van der Waals surface area contributed by atoms with Crippen LogP contribution < -0.4 is 16.4 Å². The summed E-state index contributed by atoms with van der Waals surface area (Å²) in [6.45, 7) is 2.19. The fourth-order valence-corrected chi connectivity index (χ4v) is 1.91. The van der Waals surface area contributed by atoms with Gasteiger partial charge in [-0.3, -0.25) is 10.1 Å². The first-order valence-corrected chi connectivity index (χ1v) is 6.27. The number of halogens is 1. The Morgan fingerprint density at radius 3 is 2.78 bits per heavy atom. The molecular weight excluding hydrogens is 257 g/mol. The van der Waals surface area contributed by atoms with Crippen molar-refractivity contribution in [1.82, 2.24) is 10.6 Å². The van der Waals surface area contributed by atoms with Crippen molar-refractivity contribution in [1.29, 1.82) is 0 Å². The van der Waals surface area contributed by atoms with Gasteiger partial charge in [0.05, 0.1) is 5.75 Å². The van der Waals surface area contributed by atoms with Gasteiger partial charge in [-0.05, 0) is 25.1 Å². The smallest absolute Gasteiger partial charge is 0.321 e. The quantitative estimate of drug-likeness (QED) is 0.570. The number of urea groups is 1. The maximum absolute atomic E-state index is 12.8. The lowest BCUT2D eigenvalue weighted by atomic mass is 10.3. The molecule has 0 radical (unpaired) electrons. The molecule has 0 heterocycles. The molecule has 4 N–H and O–H groups in total. The number of carbonyl (C=O) groups excluding carboxylic acids is 2. The molecule has 0 aromatic heterocycles.